The lowest BCUT2D eigenvalue weighted by atomic mass is 10.2. The van der Waals surface area contributed by atoms with Crippen LogP contribution in [-0.2, 0) is 0 Å². The molecule has 0 amide bonds. The normalized spacial score (nSPS) is 21.0. The minimum Gasteiger partial charge on any atom is -0.328 e. The molecule has 1 aliphatic heterocycles. The molecule has 0 saturated carbocycles. The van der Waals surface area contributed by atoms with Gasteiger partial charge in [-0.05, 0) is 40.4 Å². The third-order valence-corrected chi connectivity index (χ3v) is 3.46. The molecule has 1 heterocycles. The molecule has 1 aliphatic rings. The lowest BCUT2D eigenvalue weighted by molar-refractivity contribution is 0.123. The van der Waals surface area contributed by atoms with Crippen molar-refractivity contribution in [3.8, 4) is 0 Å². The highest BCUT2D eigenvalue weighted by Gasteiger charge is 2.16. The zero-order valence-corrected chi connectivity index (χ0v) is 11.9. The van der Waals surface area contributed by atoms with Crippen LogP contribution in [0.2, 0.25) is 0 Å². The molecule has 1 atom stereocenters. The lowest BCUT2D eigenvalue weighted by Gasteiger charge is -2.35. The average molecular weight is 242 g/mol. The van der Waals surface area contributed by atoms with E-state index in [1.165, 1.54) is 52.2 Å². The number of rotatable bonds is 7. The zero-order valence-electron chi connectivity index (χ0n) is 11.9. The third kappa shape index (κ3) is 6.99. The Labute approximate surface area is 107 Å². The molecule has 4 heteroatoms. The molecule has 0 aromatic heterocycles. The minimum absolute atomic E-state index is 0.358. The van der Waals surface area contributed by atoms with Crippen molar-refractivity contribution in [3.63, 3.8) is 0 Å². The highest BCUT2D eigenvalue weighted by Crippen LogP contribution is 2.04. The summed E-state index contributed by atoms with van der Waals surface area (Å²) in [7, 11) is 4.29. The van der Waals surface area contributed by atoms with Crippen molar-refractivity contribution in [3.05, 3.63) is 0 Å². The quantitative estimate of drug-likeness (QED) is 0.696. The maximum absolute atomic E-state index is 5.77. The predicted octanol–water partition coefficient (Wildman–Crippen LogP) is 0.293. The van der Waals surface area contributed by atoms with Crippen molar-refractivity contribution < 1.29 is 0 Å². The Balaban J connectivity index is 2.05. The summed E-state index contributed by atoms with van der Waals surface area (Å²) in [5.41, 5.74) is 5.77. The SMILES string of the molecule is CC(N)CCCN1CCN(CCN(C)C)CC1. The van der Waals surface area contributed by atoms with Crippen LogP contribution >= 0.6 is 0 Å². The molecule has 0 aromatic carbocycles. The highest BCUT2D eigenvalue weighted by molar-refractivity contribution is 4.72. The summed E-state index contributed by atoms with van der Waals surface area (Å²) < 4.78 is 0. The van der Waals surface area contributed by atoms with Crippen molar-refractivity contribution in [2.75, 3.05) is 59.9 Å². The van der Waals surface area contributed by atoms with Crippen LogP contribution in [0.5, 0.6) is 0 Å². The first-order valence-corrected chi connectivity index (χ1v) is 6.93. The van der Waals surface area contributed by atoms with E-state index < -0.39 is 0 Å². The first-order valence-electron chi connectivity index (χ1n) is 6.93. The van der Waals surface area contributed by atoms with Crippen molar-refractivity contribution in [2.45, 2.75) is 25.8 Å². The summed E-state index contributed by atoms with van der Waals surface area (Å²) in [5.74, 6) is 0. The van der Waals surface area contributed by atoms with E-state index in [0.29, 0.717) is 6.04 Å². The molecule has 0 spiro atoms. The molecule has 0 bridgehead atoms. The first kappa shape index (κ1) is 14.9. The van der Waals surface area contributed by atoms with Crippen LogP contribution in [0.15, 0.2) is 0 Å². The van der Waals surface area contributed by atoms with Crippen LogP contribution in [0.3, 0.4) is 0 Å². The van der Waals surface area contributed by atoms with Gasteiger partial charge in [-0.25, -0.2) is 0 Å². The van der Waals surface area contributed by atoms with Gasteiger partial charge in [-0.3, -0.25) is 4.90 Å². The molecule has 1 unspecified atom stereocenters. The van der Waals surface area contributed by atoms with Crippen LogP contribution in [0.25, 0.3) is 0 Å². The van der Waals surface area contributed by atoms with Crippen molar-refractivity contribution >= 4 is 0 Å². The van der Waals surface area contributed by atoms with Gasteiger partial charge >= 0.3 is 0 Å². The Morgan fingerprint density at radius 1 is 1.06 bits per heavy atom. The van der Waals surface area contributed by atoms with E-state index in [4.69, 9.17) is 5.73 Å². The van der Waals surface area contributed by atoms with Crippen LogP contribution in [-0.4, -0.2) is 80.7 Å². The smallest absolute Gasteiger partial charge is 0.0110 e. The molecule has 1 saturated heterocycles. The number of nitrogens with two attached hydrogens (primary N) is 1. The Morgan fingerprint density at radius 2 is 1.59 bits per heavy atom. The Kier molecular flexibility index (Phi) is 7.04. The predicted molar refractivity (Wildman–Crippen MR) is 74.3 cm³/mol. The maximum Gasteiger partial charge on any atom is 0.0110 e. The second kappa shape index (κ2) is 8.03. The van der Waals surface area contributed by atoms with Crippen molar-refractivity contribution in [1.29, 1.82) is 0 Å². The van der Waals surface area contributed by atoms with Gasteiger partial charge in [-0.15, -0.1) is 0 Å². The summed E-state index contributed by atoms with van der Waals surface area (Å²) in [6, 6.07) is 0.358. The topological polar surface area (TPSA) is 35.7 Å². The Morgan fingerprint density at radius 3 is 2.06 bits per heavy atom. The van der Waals surface area contributed by atoms with Gasteiger partial charge in [0.15, 0.2) is 0 Å². The van der Waals surface area contributed by atoms with Gasteiger partial charge < -0.3 is 15.5 Å². The van der Waals surface area contributed by atoms with E-state index in [9.17, 15) is 0 Å². The Hall–Kier alpha value is -0.160. The molecular formula is C13H30N4. The molecule has 4 nitrogen and oxygen atoms in total. The van der Waals surface area contributed by atoms with Crippen LogP contribution in [0, 0.1) is 0 Å². The molecule has 17 heavy (non-hydrogen) atoms. The van der Waals surface area contributed by atoms with Gasteiger partial charge in [0.1, 0.15) is 0 Å². The fourth-order valence-corrected chi connectivity index (χ4v) is 2.21. The van der Waals surface area contributed by atoms with E-state index in [2.05, 4.69) is 35.7 Å². The average Bonchev–Trinajstić information content (AvgIpc) is 2.27. The van der Waals surface area contributed by atoms with Gasteiger partial charge in [-0.2, -0.15) is 0 Å². The first-order chi connectivity index (χ1) is 8.08. The van der Waals surface area contributed by atoms with Crippen molar-refractivity contribution in [1.82, 2.24) is 14.7 Å². The van der Waals surface area contributed by atoms with E-state index in [-0.39, 0.29) is 0 Å². The van der Waals surface area contributed by atoms with Gasteiger partial charge in [0.05, 0.1) is 0 Å². The molecule has 102 valence electrons. The van der Waals surface area contributed by atoms with Crippen LogP contribution < -0.4 is 5.73 Å². The standard InChI is InChI=1S/C13H30N4/c1-13(14)5-4-6-16-9-11-17(12-10-16)8-7-15(2)3/h13H,4-12,14H2,1-3H3. The number of likely N-dealkylation sites (N-methyl/N-ethyl adjacent to an activating group) is 1. The van der Waals surface area contributed by atoms with E-state index in [1.54, 1.807) is 0 Å². The Bertz CT molecular complexity index is 186. The third-order valence-electron chi connectivity index (χ3n) is 3.46. The number of piperazine rings is 1. The monoisotopic (exact) mass is 242 g/mol. The second-order valence-corrected chi connectivity index (χ2v) is 5.61. The lowest BCUT2D eigenvalue weighted by Crippen LogP contribution is -2.48. The number of hydrogen-bond acceptors (Lipinski definition) is 4. The molecule has 0 aliphatic carbocycles. The van der Waals surface area contributed by atoms with E-state index in [1.807, 2.05) is 0 Å². The molecule has 2 N–H and O–H groups in total. The van der Waals surface area contributed by atoms with Crippen LogP contribution in [0.4, 0.5) is 0 Å². The van der Waals surface area contributed by atoms with Crippen LogP contribution in [0.1, 0.15) is 19.8 Å². The molecule has 1 fully saturated rings. The molecule has 0 radical (unpaired) electrons. The minimum atomic E-state index is 0.358. The van der Waals surface area contributed by atoms with Gasteiger partial charge in [0, 0.05) is 45.3 Å². The van der Waals surface area contributed by atoms with Gasteiger partial charge in [-0.1, -0.05) is 0 Å². The summed E-state index contributed by atoms with van der Waals surface area (Å²) in [5, 5.41) is 0. The molecule has 0 aromatic rings. The summed E-state index contributed by atoms with van der Waals surface area (Å²) in [6.45, 7) is 10.6. The zero-order chi connectivity index (χ0) is 12.7. The van der Waals surface area contributed by atoms with E-state index in [0.717, 1.165) is 6.42 Å². The highest BCUT2D eigenvalue weighted by atomic mass is 15.3. The number of hydrogen-bond donors (Lipinski definition) is 1. The fourth-order valence-electron chi connectivity index (χ4n) is 2.21. The summed E-state index contributed by atoms with van der Waals surface area (Å²) >= 11 is 0. The fraction of sp³-hybridized carbons (Fsp3) is 1.00. The maximum atomic E-state index is 5.77. The summed E-state index contributed by atoms with van der Waals surface area (Å²) in [4.78, 5) is 7.41. The van der Waals surface area contributed by atoms with Gasteiger partial charge in [0.25, 0.3) is 0 Å². The van der Waals surface area contributed by atoms with E-state index >= 15 is 0 Å². The second-order valence-electron chi connectivity index (χ2n) is 5.61. The summed E-state index contributed by atoms with van der Waals surface area (Å²) in [6.07, 6.45) is 2.40. The number of nitrogens with zero attached hydrogens (tertiary/aromatic N) is 3. The van der Waals surface area contributed by atoms with Gasteiger partial charge in [0.2, 0.25) is 0 Å². The largest absolute Gasteiger partial charge is 0.328 e. The van der Waals surface area contributed by atoms with Crippen molar-refractivity contribution in [2.24, 2.45) is 5.73 Å². The molecule has 1 rings (SSSR count). The molecular weight excluding hydrogens is 212 g/mol.